The monoisotopic (exact) mass is 238 g/mol. The van der Waals surface area contributed by atoms with Gasteiger partial charge in [-0.2, -0.15) is 8.42 Å². The maximum Gasteiger partial charge on any atom is 0.295 e. The molecule has 0 unspecified atom stereocenters. The smallest absolute Gasteiger partial charge is 0.295 e. The average Bonchev–Trinajstić information content (AvgIpc) is 2.21. The minimum absolute atomic E-state index is 0.158. The summed E-state index contributed by atoms with van der Waals surface area (Å²) in [7, 11) is -4.30. The zero-order valence-electron chi connectivity index (χ0n) is 8.21. The van der Waals surface area contributed by atoms with Crippen LogP contribution in [0.2, 0.25) is 0 Å². The standard InChI is InChI=1S/C10H10N2O3S/c11-7-5-4-6-2-1-3-8(16(13,14)15)9(6)10(7)12/h1-5H,11-12H2,(H,13,14,15). The fourth-order valence-electron chi connectivity index (χ4n) is 1.60. The molecular formula is C10H10N2O3S. The molecule has 2 aromatic rings. The van der Waals surface area contributed by atoms with Crippen LogP contribution in [0.3, 0.4) is 0 Å². The molecule has 0 fully saturated rings. The average molecular weight is 238 g/mol. The summed E-state index contributed by atoms with van der Waals surface area (Å²) in [4.78, 5) is -0.227. The summed E-state index contributed by atoms with van der Waals surface area (Å²) in [5.74, 6) is 0. The van der Waals surface area contributed by atoms with Crippen LogP contribution in [0, 0.1) is 0 Å². The molecule has 2 rings (SSSR count). The van der Waals surface area contributed by atoms with Crippen LogP contribution >= 0.6 is 0 Å². The zero-order chi connectivity index (χ0) is 11.9. The molecule has 0 bridgehead atoms. The number of nitrogen functional groups attached to an aromatic ring is 2. The Balaban J connectivity index is 3.02. The summed E-state index contributed by atoms with van der Waals surface area (Å²) < 4.78 is 31.4. The maximum atomic E-state index is 11.2. The first-order chi connectivity index (χ1) is 7.41. The highest BCUT2D eigenvalue weighted by atomic mass is 32.2. The number of benzene rings is 2. The molecule has 0 aromatic heterocycles. The lowest BCUT2D eigenvalue weighted by Gasteiger charge is -2.08. The van der Waals surface area contributed by atoms with Crippen LogP contribution in [0.1, 0.15) is 0 Å². The maximum absolute atomic E-state index is 11.2. The zero-order valence-corrected chi connectivity index (χ0v) is 9.03. The van der Waals surface area contributed by atoms with Crippen LogP contribution in [-0.4, -0.2) is 13.0 Å². The van der Waals surface area contributed by atoms with Gasteiger partial charge in [-0.1, -0.05) is 18.2 Å². The second-order valence-electron chi connectivity index (χ2n) is 3.40. The van der Waals surface area contributed by atoms with E-state index in [4.69, 9.17) is 16.0 Å². The van der Waals surface area contributed by atoms with Crippen LogP contribution in [0.4, 0.5) is 11.4 Å². The van der Waals surface area contributed by atoms with E-state index in [0.717, 1.165) is 0 Å². The molecule has 0 atom stereocenters. The largest absolute Gasteiger partial charge is 0.397 e. The first-order valence-electron chi connectivity index (χ1n) is 4.45. The molecule has 5 N–H and O–H groups in total. The van der Waals surface area contributed by atoms with Crippen molar-refractivity contribution in [2.24, 2.45) is 0 Å². The van der Waals surface area contributed by atoms with Crippen molar-refractivity contribution in [2.45, 2.75) is 4.90 Å². The van der Waals surface area contributed by atoms with Gasteiger partial charge in [0.2, 0.25) is 0 Å². The summed E-state index contributed by atoms with van der Waals surface area (Å²) in [5.41, 5.74) is 11.8. The van der Waals surface area contributed by atoms with E-state index in [1.54, 1.807) is 18.2 Å². The van der Waals surface area contributed by atoms with Crippen molar-refractivity contribution in [1.82, 2.24) is 0 Å². The van der Waals surface area contributed by atoms with E-state index in [2.05, 4.69) is 0 Å². The molecule has 0 saturated carbocycles. The van der Waals surface area contributed by atoms with E-state index in [-0.39, 0.29) is 21.7 Å². The molecule has 0 aliphatic rings. The van der Waals surface area contributed by atoms with Crippen molar-refractivity contribution in [2.75, 3.05) is 11.5 Å². The number of anilines is 2. The highest BCUT2D eigenvalue weighted by molar-refractivity contribution is 7.86. The lowest BCUT2D eigenvalue weighted by Crippen LogP contribution is -2.02. The fraction of sp³-hybridized carbons (Fsp3) is 0. The van der Waals surface area contributed by atoms with E-state index in [9.17, 15) is 8.42 Å². The Labute approximate surface area is 92.4 Å². The third-order valence-corrected chi connectivity index (χ3v) is 3.26. The summed E-state index contributed by atoms with van der Waals surface area (Å²) >= 11 is 0. The Hall–Kier alpha value is -1.79. The third kappa shape index (κ3) is 1.58. The van der Waals surface area contributed by atoms with Crippen LogP contribution in [0.25, 0.3) is 10.8 Å². The molecule has 0 radical (unpaired) electrons. The van der Waals surface area contributed by atoms with E-state index >= 15 is 0 Å². The molecule has 2 aromatic carbocycles. The topological polar surface area (TPSA) is 106 Å². The Kier molecular flexibility index (Phi) is 2.25. The van der Waals surface area contributed by atoms with E-state index in [0.29, 0.717) is 5.39 Å². The number of hydrogen-bond acceptors (Lipinski definition) is 4. The normalized spacial score (nSPS) is 11.8. The predicted molar refractivity (Wildman–Crippen MR) is 62.6 cm³/mol. The first kappa shape index (κ1) is 10.7. The molecule has 16 heavy (non-hydrogen) atoms. The predicted octanol–water partition coefficient (Wildman–Crippen LogP) is 1.25. The fourth-order valence-corrected chi connectivity index (χ4v) is 2.34. The van der Waals surface area contributed by atoms with E-state index < -0.39 is 10.1 Å². The second-order valence-corrected chi connectivity index (χ2v) is 4.79. The number of rotatable bonds is 1. The van der Waals surface area contributed by atoms with Crippen LogP contribution in [0.15, 0.2) is 35.2 Å². The van der Waals surface area contributed by atoms with Crippen molar-refractivity contribution >= 4 is 32.3 Å². The molecule has 0 aliphatic heterocycles. The van der Waals surface area contributed by atoms with Gasteiger partial charge >= 0.3 is 0 Å². The van der Waals surface area contributed by atoms with Gasteiger partial charge in [0.25, 0.3) is 10.1 Å². The molecule has 5 nitrogen and oxygen atoms in total. The first-order valence-corrected chi connectivity index (χ1v) is 5.89. The molecule has 0 spiro atoms. The highest BCUT2D eigenvalue weighted by Gasteiger charge is 2.16. The molecule has 0 amide bonds. The van der Waals surface area contributed by atoms with E-state index in [1.807, 2.05) is 0 Å². The number of hydrogen-bond donors (Lipinski definition) is 3. The SMILES string of the molecule is Nc1ccc2cccc(S(=O)(=O)O)c2c1N. The van der Waals surface area contributed by atoms with Gasteiger partial charge in [0.15, 0.2) is 0 Å². The lowest BCUT2D eigenvalue weighted by molar-refractivity contribution is 0.484. The Bertz CT molecular complexity index is 665. The quantitative estimate of drug-likeness (QED) is 0.512. The van der Waals surface area contributed by atoms with Gasteiger partial charge in [0.05, 0.1) is 11.4 Å². The summed E-state index contributed by atoms with van der Waals surface area (Å²) in [6.07, 6.45) is 0. The Morgan fingerprint density at radius 3 is 2.38 bits per heavy atom. The Morgan fingerprint density at radius 1 is 1.06 bits per heavy atom. The van der Waals surface area contributed by atoms with Gasteiger partial charge in [-0.15, -0.1) is 0 Å². The van der Waals surface area contributed by atoms with E-state index in [1.165, 1.54) is 12.1 Å². The highest BCUT2D eigenvalue weighted by Crippen LogP contribution is 2.31. The molecule has 0 aliphatic carbocycles. The van der Waals surface area contributed by atoms with Crippen LogP contribution < -0.4 is 11.5 Å². The van der Waals surface area contributed by atoms with Gasteiger partial charge in [0.1, 0.15) is 4.90 Å². The van der Waals surface area contributed by atoms with Crippen molar-refractivity contribution in [3.63, 3.8) is 0 Å². The van der Waals surface area contributed by atoms with Gasteiger partial charge in [-0.25, -0.2) is 0 Å². The van der Waals surface area contributed by atoms with Gasteiger partial charge in [-0.05, 0) is 17.5 Å². The second kappa shape index (κ2) is 3.36. The summed E-state index contributed by atoms with van der Waals surface area (Å²) in [6, 6.07) is 7.75. The summed E-state index contributed by atoms with van der Waals surface area (Å²) in [6.45, 7) is 0. The van der Waals surface area contributed by atoms with Gasteiger partial charge in [0, 0.05) is 5.39 Å². The summed E-state index contributed by atoms with van der Waals surface area (Å²) in [5, 5.41) is 0.867. The van der Waals surface area contributed by atoms with Crippen molar-refractivity contribution in [1.29, 1.82) is 0 Å². The van der Waals surface area contributed by atoms with Crippen molar-refractivity contribution in [3.05, 3.63) is 30.3 Å². The Morgan fingerprint density at radius 2 is 1.75 bits per heavy atom. The third-order valence-electron chi connectivity index (χ3n) is 2.36. The molecule has 0 saturated heterocycles. The molecule has 84 valence electrons. The van der Waals surface area contributed by atoms with Crippen LogP contribution in [-0.2, 0) is 10.1 Å². The van der Waals surface area contributed by atoms with Gasteiger partial charge in [-0.3, -0.25) is 4.55 Å². The molecule has 6 heteroatoms. The van der Waals surface area contributed by atoms with Crippen LogP contribution in [0.5, 0.6) is 0 Å². The number of nitrogens with two attached hydrogens (primary N) is 2. The van der Waals surface area contributed by atoms with Gasteiger partial charge < -0.3 is 11.5 Å². The van der Waals surface area contributed by atoms with Crippen molar-refractivity contribution < 1.29 is 13.0 Å². The minimum atomic E-state index is -4.30. The molecule has 0 heterocycles. The van der Waals surface area contributed by atoms with Crippen molar-refractivity contribution in [3.8, 4) is 0 Å². The molecular weight excluding hydrogens is 228 g/mol. The minimum Gasteiger partial charge on any atom is -0.397 e. The lowest BCUT2D eigenvalue weighted by atomic mass is 10.1. The number of fused-ring (bicyclic) bond motifs is 1.